The number of nitrogens with one attached hydrogen (secondary N) is 1. The smallest absolute Gasteiger partial charge is 0.144 e. The Morgan fingerprint density at radius 1 is 1.25 bits per heavy atom. The van der Waals surface area contributed by atoms with E-state index in [0.29, 0.717) is 11.4 Å². The standard InChI is InChI=1S/C16H19N3O/c1-9-6-10(2)18-16(15(9)8-17)19-12(4)14-7-11(3)20-13(14)5/h6-7,12H,1-5H3,(H,18,19). The zero-order chi connectivity index (χ0) is 14.9. The first-order valence-corrected chi connectivity index (χ1v) is 6.64. The van der Waals surface area contributed by atoms with E-state index in [-0.39, 0.29) is 6.04 Å². The first kappa shape index (κ1) is 14.1. The maximum atomic E-state index is 9.28. The van der Waals surface area contributed by atoms with E-state index >= 15 is 0 Å². The average Bonchev–Trinajstić information content (AvgIpc) is 2.68. The molecule has 0 saturated heterocycles. The van der Waals surface area contributed by atoms with Crippen molar-refractivity contribution in [2.75, 3.05) is 5.32 Å². The number of anilines is 1. The van der Waals surface area contributed by atoms with Crippen LogP contribution in [-0.4, -0.2) is 4.98 Å². The van der Waals surface area contributed by atoms with Gasteiger partial charge < -0.3 is 9.73 Å². The summed E-state index contributed by atoms with van der Waals surface area (Å²) in [5.41, 5.74) is 3.53. The van der Waals surface area contributed by atoms with E-state index in [1.54, 1.807) is 0 Å². The lowest BCUT2D eigenvalue weighted by Crippen LogP contribution is -2.11. The Hall–Kier alpha value is -2.28. The summed E-state index contributed by atoms with van der Waals surface area (Å²) in [6, 6.07) is 6.19. The Bertz CT molecular complexity index is 680. The highest BCUT2D eigenvalue weighted by molar-refractivity contribution is 5.57. The van der Waals surface area contributed by atoms with E-state index in [1.807, 2.05) is 46.8 Å². The predicted octanol–water partition coefficient (Wildman–Crippen LogP) is 3.95. The summed E-state index contributed by atoms with van der Waals surface area (Å²) in [6.45, 7) is 9.77. The highest BCUT2D eigenvalue weighted by Crippen LogP contribution is 2.26. The number of pyridine rings is 1. The van der Waals surface area contributed by atoms with Crippen LogP contribution in [0.15, 0.2) is 16.5 Å². The van der Waals surface area contributed by atoms with Gasteiger partial charge in [0.1, 0.15) is 23.4 Å². The summed E-state index contributed by atoms with van der Waals surface area (Å²) in [4.78, 5) is 4.44. The molecule has 2 rings (SSSR count). The van der Waals surface area contributed by atoms with Gasteiger partial charge in [-0.1, -0.05) is 0 Å². The number of rotatable bonds is 3. The normalized spacial score (nSPS) is 12.0. The molecule has 0 radical (unpaired) electrons. The molecule has 2 aromatic heterocycles. The van der Waals surface area contributed by atoms with Crippen LogP contribution in [0.3, 0.4) is 0 Å². The molecule has 1 unspecified atom stereocenters. The second-order valence-corrected chi connectivity index (χ2v) is 5.15. The highest BCUT2D eigenvalue weighted by atomic mass is 16.3. The van der Waals surface area contributed by atoms with Gasteiger partial charge in [-0.25, -0.2) is 4.98 Å². The molecule has 1 atom stereocenters. The molecule has 0 saturated carbocycles. The van der Waals surface area contributed by atoms with E-state index in [2.05, 4.69) is 16.4 Å². The van der Waals surface area contributed by atoms with Crippen LogP contribution in [0.5, 0.6) is 0 Å². The molecule has 20 heavy (non-hydrogen) atoms. The second-order valence-electron chi connectivity index (χ2n) is 5.15. The molecule has 0 spiro atoms. The van der Waals surface area contributed by atoms with Gasteiger partial charge in [-0.2, -0.15) is 5.26 Å². The maximum absolute atomic E-state index is 9.28. The van der Waals surface area contributed by atoms with E-state index < -0.39 is 0 Å². The topological polar surface area (TPSA) is 61.9 Å². The summed E-state index contributed by atoms with van der Waals surface area (Å²) >= 11 is 0. The van der Waals surface area contributed by atoms with Crippen LogP contribution in [0.4, 0.5) is 5.82 Å². The number of furan rings is 1. The number of aromatic nitrogens is 1. The first-order valence-electron chi connectivity index (χ1n) is 6.64. The fourth-order valence-corrected chi connectivity index (χ4v) is 2.45. The Kier molecular flexibility index (Phi) is 3.80. The third-order valence-corrected chi connectivity index (χ3v) is 3.36. The third kappa shape index (κ3) is 2.67. The molecule has 1 N–H and O–H groups in total. The van der Waals surface area contributed by atoms with Gasteiger partial charge in [-0.05, 0) is 52.3 Å². The highest BCUT2D eigenvalue weighted by Gasteiger charge is 2.16. The van der Waals surface area contributed by atoms with Crippen LogP contribution >= 0.6 is 0 Å². The number of nitriles is 1. The number of nitrogens with zero attached hydrogens (tertiary/aromatic N) is 2. The van der Waals surface area contributed by atoms with Gasteiger partial charge in [0.2, 0.25) is 0 Å². The lowest BCUT2D eigenvalue weighted by atomic mass is 10.1. The molecule has 0 amide bonds. The summed E-state index contributed by atoms with van der Waals surface area (Å²) in [5.74, 6) is 2.42. The van der Waals surface area contributed by atoms with Gasteiger partial charge in [-0.3, -0.25) is 0 Å². The van der Waals surface area contributed by atoms with Crippen molar-refractivity contribution in [1.29, 1.82) is 5.26 Å². The summed E-state index contributed by atoms with van der Waals surface area (Å²) < 4.78 is 5.55. The van der Waals surface area contributed by atoms with Crippen LogP contribution in [0.1, 0.15) is 46.9 Å². The van der Waals surface area contributed by atoms with Gasteiger partial charge in [-0.15, -0.1) is 0 Å². The average molecular weight is 269 g/mol. The molecule has 0 aliphatic heterocycles. The van der Waals surface area contributed by atoms with E-state index in [1.165, 1.54) is 0 Å². The Balaban J connectivity index is 2.35. The summed E-state index contributed by atoms with van der Waals surface area (Å²) in [6.07, 6.45) is 0. The van der Waals surface area contributed by atoms with Crippen LogP contribution in [0.25, 0.3) is 0 Å². The monoisotopic (exact) mass is 269 g/mol. The van der Waals surface area contributed by atoms with Crippen molar-refractivity contribution in [3.05, 3.63) is 46.0 Å². The minimum atomic E-state index is 0.0354. The molecular formula is C16H19N3O. The van der Waals surface area contributed by atoms with Crippen LogP contribution < -0.4 is 5.32 Å². The van der Waals surface area contributed by atoms with Crippen molar-refractivity contribution in [2.24, 2.45) is 0 Å². The quantitative estimate of drug-likeness (QED) is 0.916. The summed E-state index contributed by atoms with van der Waals surface area (Å²) in [7, 11) is 0. The molecule has 104 valence electrons. The number of aryl methyl sites for hydroxylation is 4. The molecule has 0 aliphatic rings. The Morgan fingerprint density at radius 2 is 1.95 bits per heavy atom. The van der Waals surface area contributed by atoms with Crippen LogP contribution in [-0.2, 0) is 0 Å². The molecule has 0 bridgehead atoms. The fourth-order valence-electron chi connectivity index (χ4n) is 2.45. The van der Waals surface area contributed by atoms with Gasteiger partial charge in [0.25, 0.3) is 0 Å². The lowest BCUT2D eigenvalue weighted by Gasteiger charge is -2.16. The molecule has 4 heteroatoms. The van der Waals surface area contributed by atoms with E-state index in [0.717, 1.165) is 28.3 Å². The molecule has 4 nitrogen and oxygen atoms in total. The Labute approximate surface area is 119 Å². The summed E-state index contributed by atoms with van der Waals surface area (Å²) in [5, 5.41) is 12.6. The maximum Gasteiger partial charge on any atom is 0.144 e. The molecule has 0 aliphatic carbocycles. The number of hydrogen-bond donors (Lipinski definition) is 1. The van der Waals surface area contributed by atoms with E-state index in [4.69, 9.17) is 4.42 Å². The van der Waals surface area contributed by atoms with Gasteiger partial charge in [0.15, 0.2) is 0 Å². The van der Waals surface area contributed by atoms with Gasteiger partial charge >= 0.3 is 0 Å². The molecule has 2 aromatic rings. The van der Waals surface area contributed by atoms with Crippen LogP contribution in [0, 0.1) is 39.0 Å². The predicted molar refractivity (Wildman–Crippen MR) is 78.6 cm³/mol. The largest absolute Gasteiger partial charge is 0.466 e. The van der Waals surface area contributed by atoms with Gasteiger partial charge in [0, 0.05) is 11.3 Å². The molecular weight excluding hydrogens is 250 g/mol. The first-order chi connectivity index (χ1) is 9.42. The van der Waals surface area contributed by atoms with Crippen molar-refractivity contribution in [1.82, 2.24) is 4.98 Å². The fraction of sp³-hybridized carbons (Fsp3) is 0.375. The minimum absolute atomic E-state index is 0.0354. The van der Waals surface area contributed by atoms with Crippen molar-refractivity contribution in [2.45, 2.75) is 40.7 Å². The van der Waals surface area contributed by atoms with E-state index in [9.17, 15) is 5.26 Å². The zero-order valence-electron chi connectivity index (χ0n) is 12.5. The molecule has 0 fully saturated rings. The molecule has 0 aromatic carbocycles. The van der Waals surface area contributed by atoms with Crippen molar-refractivity contribution < 1.29 is 4.42 Å². The lowest BCUT2D eigenvalue weighted by molar-refractivity contribution is 0.499. The number of hydrogen-bond acceptors (Lipinski definition) is 4. The second kappa shape index (κ2) is 5.38. The molecule has 2 heterocycles. The van der Waals surface area contributed by atoms with Crippen LogP contribution in [0.2, 0.25) is 0 Å². The van der Waals surface area contributed by atoms with Gasteiger partial charge in [0.05, 0.1) is 11.6 Å². The third-order valence-electron chi connectivity index (χ3n) is 3.36. The zero-order valence-corrected chi connectivity index (χ0v) is 12.5. The van der Waals surface area contributed by atoms with Crippen molar-refractivity contribution >= 4 is 5.82 Å². The SMILES string of the molecule is Cc1cc(C)c(C#N)c(NC(C)c2cc(C)oc2C)n1. The Morgan fingerprint density at radius 3 is 2.50 bits per heavy atom. The van der Waals surface area contributed by atoms with Crippen molar-refractivity contribution in [3.8, 4) is 6.07 Å². The van der Waals surface area contributed by atoms with Crippen molar-refractivity contribution in [3.63, 3.8) is 0 Å². The minimum Gasteiger partial charge on any atom is -0.466 e.